The largest absolute Gasteiger partial charge is 0.459 e. The van der Waals surface area contributed by atoms with E-state index in [0.717, 1.165) is 31.1 Å². The lowest BCUT2D eigenvalue weighted by molar-refractivity contribution is 0.0922. The number of nitrogens with zero attached hydrogens (tertiary/aromatic N) is 1. The quantitative estimate of drug-likeness (QED) is 0.469. The lowest BCUT2D eigenvalue weighted by atomic mass is 9.99. The van der Waals surface area contributed by atoms with Gasteiger partial charge in [-0.2, -0.15) is 0 Å². The van der Waals surface area contributed by atoms with Crippen molar-refractivity contribution in [2.45, 2.75) is 26.3 Å². The number of rotatable bonds is 3. The third-order valence-electron chi connectivity index (χ3n) is 3.35. The van der Waals surface area contributed by atoms with Gasteiger partial charge in [0, 0.05) is 12.1 Å². The van der Waals surface area contributed by atoms with E-state index in [2.05, 4.69) is 17.2 Å². The Kier molecular flexibility index (Phi) is 3.81. The van der Waals surface area contributed by atoms with Gasteiger partial charge >= 0.3 is 5.91 Å². The summed E-state index contributed by atoms with van der Waals surface area (Å²) in [6.45, 7) is 5.19. The highest BCUT2D eigenvalue weighted by Crippen LogP contribution is 2.20. The van der Waals surface area contributed by atoms with Gasteiger partial charge in [0.15, 0.2) is 5.76 Å². The molecule has 1 amide bonds. The highest BCUT2D eigenvalue weighted by molar-refractivity contribution is 5.92. The Labute approximate surface area is 101 Å². The summed E-state index contributed by atoms with van der Waals surface area (Å²) in [7, 11) is 0. The summed E-state index contributed by atoms with van der Waals surface area (Å²) in [5, 5.41) is 0. The maximum atomic E-state index is 11.4. The molecule has 2 rings (SSSR count). The van der Waals surface area contributed by atoms with Crippen molar-refractivity contribution < 1.29 is 9.21 Å². The van der Waals surface area contributed by atoms with Crippen LogP contribution in [0.3, 0.4) is 0 Å². The number of carbonyl (C=O) groups is 1. The molecule has 1 saturated heterocycles. The zero-order chi connectivity index (χ0) is 12.3. The van der Waals surface area contributed by atoms with E-state index in [1.165, 1.54) is 19.1 Å². The van der Waals surface area contributed by atoms with E-state index in [4.69, 9.17) is 10.3 Å². The Balaban J connectivity index is 1.99. The third-order valence-corrected chi connectivity index (χ3v) is 3.35. The van der Waals surface area contributed by atoms with Gasteiger partial charge in [-0.05, 0) is 37.9 Å². The Morgan fingerprint density at radius 1 is 1.59 bits per heavy atom. The molecule has 94 valence electrons. The van der Waals surface area contributed by atoms with Crippen molar-refractivity contribution in [3.8, 4) is 0 Å². The van der Waals surface area contributed by atoms with Gasteiger partial charge in [-0.15, -0.1) is 0 Å². The van der Waals surface area contributed by atoms with Gasteiger partial charge in [0.25, 0.3) is 0 Å². The number of furan rings is 1. The van der Waals surface area contributed by atoms with Crippen LogP contribution in [-0.2, 0) is 6.54 Å². The Bertz CT molecular complexity index is 381. The van der Waals surface area contributed by atoms with Crippen molar-refractivity contribution in [1.82, 2.24) is 10.3 Å². The Morgan fingerprint density at radius 3 is 2.94 bits per heavy atom. The van der Waals surface area contributed by atoms with Crippen LogP contribution < -0.4 is 11.3 Å². The number of likely N-dealkylation sites (tertiary alicyclic amines) is 1. The van der Waals surface area contributed by atoms with Crippen molar-refractivity contribution in [3.63, 3.8) is 0 Å². The third kappa shape index (κ3) is 2.87. The van der Waals surface area contributed by atoms with Crippen LogP contribution in [0.2, 0.25) is 0 Å². The highest BCUT2D eigenvalue weighted by Gasteiger charge is 2.20. The van der Waals surface area contributed by atoms with Crippen LogP contribution in [0, 0.1) is 5.92 Å². The molecule has 1 aliphatic rings. The lowest BCUT2D eigenvalue weighted by Gasteiger charge is -2.29. The summed E-state index contributed by atoms with van der Waals surface area (Å²) in [5.74, 6) is 5.88. The SMILES string of the molecule is CC1CCN(Cc2ccoc2C(=O)NN)CC1. The zero-order valence-electron chi connectivity index (χ0n) is 10.1. The summed E-state index contributed by atoms with van der Waals surface area (Å²) in [5.41, 5.74) is 3.01. The number of nitrogens with two attached hydrogens (primary N) is 1. The zero-order valence-corrected chi connectivity index (χ0v) is 10.1. The Morgan fingerprint density at radius 2 is 2.29 bits per heavy atom. The lowest BCUT2D eigenvalue weighted by Crippen LogP contribution is -2.34. The summed E-state index contributed by atoms with van der Waals surface area (Å²) in [4.78, 5) is 13.8. The van der Waals surface area contributed by atoms with E-state index in [0.29, 0.717) is 5.76 Å². The van der Waals surface area contributed by atoms with E-state index in [9.17, 15) is 4.79 Å². The van der Waals surface area contributed by atoms with Crippen LogP contribution in [0.1, 0.15) is 35.9 Å². The molecule has 1 aromatic heterocycles. The topological polar surface area (TPSA) is 71.5 Å². The highest BCUT2D eigenvalue weighted by atomic mass is 16.3. The molecule has 1 aliphatic heterocycles. The first-order valence-electron chi connectivity index (χ1n) is 6.00. The number of amides is 1. The molecule has 0 radical (unpaired) electrons. The molecule has 0 atom stereocenters. The van der Waals surface area contributed by atoms with Gasteiger partial charge in [0.05, 0.1) is 6.26 Å². The number of nitrogens with one attached hydrogen (secondary N) is 1. The average molecular weight is 237 g/mol. The predicted molar refractivity (Wildman–Crippen MR) is 64.0 cm³/mol. The molecule has 5 nitrogen and oxygen atoms in total. The minimum absolute atomic E-state index is 0.325. The number of hydrogen-bond acceptors (Lipinski definition) is 4. The second kappa shape index (κ2) is 5.33. The van der Waals surface area contributed by atoms with Crippen LogP contribution in [0.5, 0.6) is 0 Å². The minimum atomic E-state index is -0.365. The summed E-state index contributed by atoms with van der Waals surface area (Å²) >= 11 is 0. The first-order valence-corrected chi connectivity index (χ1v) is 6.00. The number of hydrazine groups is 1. The van der Waals surface area contributed by atoms with Crippen molar-refractivity contribution >= 4 is 5.91 Å². The van der Waals surface area contributed by atoms with Crippen LogP contribution >= 0.6 is 0 Å². The molecular formula is C12H19N3O2. The molecule has 0 aliphatic carbocycles. The summed E-state index contributed by atoms with van der Waals surface area (Å²) < 4.78 is 5.16. The van der Waals surface area contributed by atoms with Crippen LogP contribution in [0.25, 0.3) is 0 Å². The van der Waals surface area contributed by atoms with E-state index in [1.807, 2.05) is 6.07 Å². The summed E-state index contributed by atoms with van der Waals surface area (Å²) in [6.07, 6.45) is 3.97. The van der Waals surface area contributed by atoms with E-state index < -0.39 is 0 Å². The molecular weight excluding hydrogens is 218 g/mol. The van der Waals surface area contributed by atoms with Gasteiger partial charge in [-0.25, -0.2) is 5.84 Å². The van der Waals surface area contributed by atoms with E-state index in [1.54, 1.807) is 0 Å². The fraction of sp³-hybridized carbons (Fsp3) is 0.583. The van der Waals surface area contributed by atoms with Crippen molar-refractivity contribution in [3.05, 3.63) is 23.7 Å². The van der Waals surface area contributed by atoms with Crippen molar-refractivity contribution in [2.24, 2.45) is 11.8 Å². The fourth-order valence-corrected chi connectivity index (χ4v) is 2.19. The van der Waals surface area contributed by atoms with Crippen molar-refractivity contribution in [2.75, 3.05) is 13.1 Å². The maximum Gasteiger partial charge on any atom is 0.301 e. The van der Waals surface area contributed by atoms with E-state index in [-0.39, 0.29) is 5.91 Å². The monoisotopic (exact) mass is 237 g/mol. The van der Waals surface area contributed by atoms with Crippen LogP contribution in [0.15, 0.2) is 16.7 Å². The fourth-order valence-electron chi connectivity index (χ4n) is 2.19. The molecule has 0 spiro atoms. The molecule has 0 saturated carbocycles. The second-order valence-electron chi connectivity index (χ2n) is 4.71. The molecule has 0 unspecified atom stereocenters. The van der Waals surface area contributed by atoms with Crippen LogP contribution in [-0.4, -0.2) is 23.9 Å². The molecule has 1 fully saturated rings. The van der Waals surface area contributed by atoms with Gasteiger partial charge in [-0.3, -0.25) is 15.1 Å². The molecule has 17 heavy (non-hydrogen) atoms. The second-order valence-corrected chi connectivity index (χ2v) is 4.71. The minimum Gasteiger partial charge on any atom is -0.459 e. The Hall–Kier alpha value is -1.33. The molecule has 2 heterocycles. The molecule has 1 aromatic rings. The molecule has 3 N–H and O–H groups in total. The van der Waals surface area contributed by atoms with Crippen LogP contribution in [0.4, 0.5) is 0 Å². The first-order chi connectivity index (χ1) is 8.20. The smallest absolute Gasteiger partial charge is 0.301 e. The first kappa shape index (κ1) is 12.1. The molecule has 0 aromatic carbocycles. The number of nitrogen functional groups attached to an aromatic ring is 1. The normalized spacial score (nSPS) is 18.2. The number of hydrogen-bond donors (Lipinski definition) is 2. The van der Waals surface area contributed by atoms with Gasteiger partial charge < -0.3 is 4.42 Å². The standard InChI is InChI=1S/C12H19N3O2/c1-9-2-5-15(6-3-9)8-10-4-7-17-11(10)12(16)14-13/h4,7,9H,2-3,5-6,8,13H2,1H3,(H,14,16). The molecule has 0 bridgehead atoms. The van der Waals surface area contributed by atoms with Gasteiger partial charge in [0.2, 0.25) is 0 Å². The average Bonchev–Trinajstić information content (AvgIpc) is 2.79. The van der Waals surface area contributed by atoms with Gasteiger partial charge in [-0.1, -0.05) is 6.92 Å². The number of carbonyl (C=O) groups excluding carboxylic acids is 1. The molecule has 5 heteroatoms. The maximum absolute atomic E-state index is 11.4. The summed E-state index contributed by atoms with van der Waals surface area (Å²) in [6, 6.07) is 1.84. The van der Waals surface area contributed by atoms with E-state index >= 15 is 0 Å². The predicted octanol–water partition coefficient (Wildman–Crippen LogP) is 1.11. The van der Waals surface area contributed by atoms with Gasteiger partial charge in [0.1, 0.15) is 0 Å². The number of piperidine rings is 1. The van der Waals surface area contributed by atoms with Crippen molar-refractivity contribution in [1.29, 1.82) is 0 Å².